The van der Waals surface area contributed by atoms with Gasteiger partial charge in [-0.2, -0.15) is 0 Å². The SMILES string of the molecule is CN(C)C[C@H](O)c1ccco1. The Balaban J connectivity index is 2.49. The van der Waals surface area contributed by atoms with Crippen molar-refractivity contribution in [3.8, 4) is 0 Å². The van der Waals surface area contributed by atoms with E-state index in [1.807, 2.05) is 19.0 Å². The zero-order chi connectivity index (χ0) is 8.27. The molecule has 0 aliphatic rings. The summed E-state index contributed by atoms with van der Waals surface area (Å²) in [7, 11) is 3.82. The summed E-state index contributed by atoms with van der Waals surface area (Å²) in [4.78, 5) is 1.91. The largest absolute Gasteiger partial charge is 0.467 e. The summed E-state index contributed by atoms with van der Waals surface area (Å²) in [5, 5.41) is 9.44. The molecule has 0 saturated carbocycles. The van der Waals surface area contributed by atoms with Gasteiger partial charge in [-0.05, 0) is 26.2 Å². The Kier molecular flexibility index (Phi) is 2.68. The Hall–Kier alpha value is -0.800. The van der Waals surface area contributed by atoms with E-state index in [-0.39, 0.29) is 0 Å². The van der Waals surface area contributed by atoms with Crippen molar-refractivity contribution in [3.63, 3.8) is 0 Å². The lowest BCUT2D eigenvalue weighted by Gasteiger charge is -2.13. The highest BCUT2D eigenvalue weighted by Crippen LogP contribution is 2.12. The molecular weight excluding hydrogens is 142 g/mol. The Labute approximate surface area is 66.2 Å². The molecule has 1 rings (SSSR count). The van der Waals surface area contributed by atoms with E-state index in [1.54, 1.807) is 18.4 Å². The van der Waals surface area contributed by atoms with Crippen LogP contribution in [0.25, 0.3) is 0 Å². The van der Waals surface area contributed by atoms with Gasteiger partial charge in [0.15, 0.2) is 0 Å². The van der Waals surface area contributed by atoms with Crippen LogP contribution in [0.2, 0.25) is 0 Å². The minimum atomic E-state index is -0.514. The molecule has 0 aromatic carbocycles. The van der Waals surface area contributed by atoms with E-state index in [2.05, 4.69) is 0 Å². The number of aliphatic hydroxyl groups excluding tert-OH is 1. The van der Waals surface area contributed by atoms with Gasteiger partial charge in [-0.1, -0.05) is 0 Å². The van der Waals surface area contributed by atoms with Gasteiger partial charge in [0.25, 0.3) is 0 Å². The summed E-state index contributed by atoms with van der Waals surface area (Å²) in [6.45, 7) is 0.591. The van der Waals surface area contributed by atoms with E-state index in [4.69, 9.17) is 4.42 Å². The summed E-state index contributed by atoms with van der Waals surface area (Å²) in [6, 6.07) is 3.54. The third-order valence-electron chi connectivity index (χ3n) is 1.41. The first kappa shape index (κ1) is 8.30. The first-order valence-electron chi connectivity index (χ1n) is 3.56. The fourth-order valence-electron chi connectivity index (χ4n) is 0.917. The summed E-state index contributed by atoms with van der Waals surface area (Å²) in [5.41, 5.74) is 0. The predicted octanol–water partition coefficient (Wildman–Crippen LogP) is 0.875. The molecule has 0 fully saturated rings. The minimum absolute atomic E-state index is 0.514. The third-order valence-corrected chi connectivity index (χ3v) is 1.41. The fourth-order valence-corrected chi connectivity index (χ4v) is 0.917. The van der Waals surface area contributed by atoms with Crippen LogP contribution in [0.5, 0.6) is 0 Å². The van der Waals surface area contributed by atoms with Gasteiger partial charge in [-0.15, -0.1) is 0 Å². The second kappa shape index (κ2) is 3.55. The lowest BCUT2D eigenvalue weighted by molar-refractivity contribution is 0.116. The van der Waals surface area contributed by atoms with E-state index in [0.717, 1.165) is 0 Å². The molecule has 0 spiro atoms. The highest BCUT2D eigenvalue weighted by Gasteiger charge is 2.10. The highest BCUT2D eigenvalue weighted by molar-refractivity contribution is 5.01. The highest BCUT2D eigenvalue weighted by atomic mass is 16.4. The molecule has 11 heavy (non-hydrogen) atoms. The Morgan fingerprint density at radius 1 is 1.64 bits per heavy atom. The third kappa shape index (κ3) is 2.37. The molecule has 0 unspecified atom stereocenters. The van der Waals surface area contributed by atoms with Gasteiger partial charge in [-0.25, -0.2) is 0 Å². The number of rotatable bonds is 3. The van der Waals surface area contributed by atoms with Gasteiger partial charge < -0.3 is 14.4 Å². The Bertz CT molecular complexity index is 194. The van der Waals surface area contributed by atoms with Gasteiger partial charge in [-0.3, -0.25) is 0 Å². The molecule has 0 saturated heterocycles. The van der Waals surface area contributed by atoms with Gasteiger partial charge in [0, 0.05) is 6.54 Å². The second-order valence-corrected chi connectivity index (χ2v) is 2.79. The van der Waals surface area contributed by atoms with E-state index in [9.17, 15) is 5.11 Å². The standard InChI is InChI=1S/C8H13NO2/c1-9(2)6-7(10)8-4-3-5-11-8/h3-5,7,10H,6H2,1-2H3/t7-/m0/s1. The average molecular weight is 155 g/mol. The van der Waals surface area contributed by atoms with Crippen molar-refractivity contribution < 1.29 is 9.52 Å². The van der Waals surface area contributed by atoms with Crippen LogP contribution < -0.4 is 0 Å². The molecule has 0 aliphatic heterocycles. The maximum Gasteiger partial charge on any atom is 0.133 e. The molecule has 1 atom stereocenters. The minimum Gasteiger partial charge on any atom is -0.467 e. The second-order valence-electron chi connectivity index (χ2n) is 2.79. The van der Waals surface area contributed by atoms with E-state index in [1.165, 1.54) is 0 Å². The number of hydrogen-bond donors (Lipinski definition) is 1. The van der Waals surface area contributed by atoms with Crippen LogP contribution in [0.3, 0.4) is 0 Å². The van der Waals surface area contributed by atoms with Crippen LogP contribution in [0.1, 0.15) is 11.9 Å². The lowest BCUT2D eigenvalue weighted by atomic mass is 10.2. The average Bonchev–Trinajstić information content (AvgIpc) is 2.35. The van der Waals surface area contributed by atoms with Crippen molar-refractivity contribution in [2.75, 3.05) is 20.6 Å². The molecule has 0 bridgehead atoms. The first-order chi connectivity index (χ1) is 5.20. The Morgan fingerprint density at radius 2 is 2.36 bits per heavy atom. The normalized spacial score (nSPS) is 13.8. The molecule has 3 nitrogen and oxygen atoms in total. The lowest BCUT2D eigenvalue weighted by Crippen LogP contribution is -2.19. The van der Waals surface area contributed by atoms with Crippen molar-refractivity contribution in [2.45, 2.75) is 6.10 Å². The number of aliphatic hydroxyl groups is 1. The smallest absolute Gasteiger partial charge is 0.133 e. The first-order valence-corrected chi connectivity index (χ1v) is 3.56. The van der Waals surface area contributed by atoms with Gasteiger partial charge in [0.05, 0.1) is 6.26 Å². The van der Waals surface area contributed by atoms with Gasteiger partial charge in [0.2, 0.25) is 0 Å². The topological polar surface area (TPSA) is 36.6 Å². The van der Waals surface area contributed by atoms with Gasteiger partial charge in [0.1, 0.15) is 11.9 Å². The number of furan rings is 1. The summed E-state index contributed by atoms with van der Waals surface area (Å²) >= 11 is 0. The van der Waals surface area contributed by atoms with Crippen molar-refractivity contribution in [3.05, 3.63) is 24.2 Å². The van der Waals surface area contributed by atoms with Crippen LogP contribution >= 0.6 is 0 Å². The molecule has 1 N–H and O–H groups in total. The molecule has 1 aromatic rings. The Morgan fingerprint density at radius 3 is 2.82 bits per heavy atom. The van der Waals surface area contributed by atoms with Crippen molar-refractivity contribution in [2.24, 2.45) is 0 Å². The van der Waals surface area contributed by atoms with Crippen molar-refractivity contribution in [1.82, 2.24) is 4.90 Å². The van der Waals surface area contributed by atoms with Crippen LogP contribution in [0.4, 0.5) is 0 Å². The molecule has 3 heteroatoms. The zero-order valence-corrected chi connectivity index (χ0v) is 6.82. The molecule has 1 aromatic heterocycles. The zero-order valence-electron chi connectivity index (χ0n) is 6.82. The van der Waals surface area contributed by atoms with Crippen LogP contribution in [0.15, 0.2) is 22.8 Å². The van der Waals surface area contributed by atoms with Crippen LogP contribution in [-0.4, -0.2) is 30.6 Å². The van der Waals surface area contributed by atoms with Crippen molar-refractivity contribution in [1.29, 1.82) is 0 Å². The molecule has 0 radical (unpaired) electrons. The number of likely N-dealkylation sites (N-methyl/N-ethyl adjacent to an activating group) is 1. The van der Waals surface area contributed by atoms with E-state index in [0.29, 0.717) is 12.3 Å². The predicted molar refractivity (Wildman–Crippen MR) is 42.2 cm³/mol. The summed E-state index contributed by atoms with van der Waals surface area (Å²) < 4.78 is 5.02. The fraction of sp³-hybridized carbons (Fsp3) is 0.500. The summed E-state index contributed by atoms with van der Waals surface area (Å²) in [5.74, 6) is 0.624. The maximum absolute atomic E-state index is 9.44. The molecule has 1 heterocycles. The molecule has 0 aliphatic carbocycles. The van der Waals surface area contributed by atoms with Gasteiger partial charge >= 0.3 is 0 Å². The number of nitrogens with zero attached hydrogens (tertiary/aromatic N) is 1. The van der Waals surface area contributed by atoms with E-state index < -0.39 is 6.10 Å². The molecule has 0 amide bonds. The quantitative estimate of drug-likeness (QED) is 0.703. The van der Waals surface area contributed by atoms with Crippen LogP contribution in [-0.2, 0) is 0 Å². The number of hydrogen-bond acceptors (Lipinski definition) is 3. The van der Waals surface area contributed by atoms with E-state index >= 15 is 0 Å². The molecular formula is C8H13NO2. The summed E-state index contributed by atoms with van der Waals surface area (Å²) in [6.07, 6.45) is 1.05. The monoisotopic (exact) mass is 155 g/mol. The van der Waals surface area contributed by atoms with Crippen LogP contribution in [0, 0.1) is 0 Å². The van der Waals surface area contributed by atoms with Crippen molar-refractivity contribution >= 4 is 0 Å². The molecule has 62 valence electrons. The maximum atomic E-state index is 9.44.